The molecular weight excluding hydrogens is 480 g/mol. The molecule has 0 atom stereocenters. The van der Waals surface area contributed by atoms with Gasteiger partial charge in [0.25, 0.3) is 15.9 Å². The third-order valence-electron chi connectivity index (χ3n) is 4.73. The van der Waals surface area contributed by atoms with Gasteiger partial charge in [0.05, 0.1) is 13.7 Å². The number of rotatable bonds is 8. The van der Waals surface area contributed by atoms with Gasteiger partial charge in [0.2, 0.25) is 21.2 Å². The van der Waals surface area contributed by atoms with Gasteiger partial charge in [-0.25, -0.2) is 8.42 Å². The van der Waals surface area contributed by atoms with E-state index in [0.717, 1.165) is 21.2 Å². The molecular formula is C21H20N6O5S2. The zero-order valence-electron chi connectivity index (χ0n) is 18.4. The number of amides is 1. The molecule has 0 saturated heterocycles. The van der Waals surface area contributed by atoms with Gasteiger partial charge in [0, 0.05) is 18.2 Å². The fourth-order valence-electron chi connectivity index (χ4n) is 2.85. The smallest absolute Gasteiger partial charge is 0.272 e. The highest BCUT2D eigenvalue weighted by Gasteiger charge is 2.28. The molecule has 34 heavy (non-hydrogen) atoms. The van der Waals surface area contributed by atoms with E-state index in [0.29, 0.717) is 22.7 Å². The zero-order valence-corrected chi connectivity index (χ0v) is 20.1. The number of aromatic nitrogens is 4. The number of carbonyl (C=O) groups excluding carboxylic acids is 1. The molecule has 0 saturated carbocycles. The summed E-state index contributed by atoms with van der Waals surface area (Å²) in [4.78, 5) is 16.6. The molecule has 2 aromatic heterocycles. The molecule has 13 heteroatoms. The van der Waals surface area contributed by atoms with Crippen LogP contribution < -0.4 is 10.1 Å². The first kappa shape index (κ1) is 23.5. The molecule has 176 valence electrons. The zero-order chi connectivity index (χ0) is 24.3. The Bertz CT molecular complexity index is 1420. The minimum Gasteiger partial charge on any atom is -0.497 e. The summed E-state index contributed by atoms with van der Waals surface area (Å²) in [7, 11) is -1.10. The maximum Gasteiger partial charge on any atom is 0.272 e. The number of hydrogen-bond acceptors (Lipinski definition) is 10. The topological polar surface area (TPSA) is 140 Å². The van der Waals surface area contributed by atoms with Crippen LogP contribution >= 0.6 is 11.3 Å². The number of nitrogens with one attached hydrogen (secondary N) is 1. The molecule has 11 nitrogen and oxygen atoms in total. The van der Waals surface area contributed by atoms with Crippen molar-refractivity contribution < 1.29 is 22.5 Å². The first-order valence-electron chi connectivity index (χ1n) is 9.91. The van der Waals surface area contributed by atoms with Crippen LogP contribution in [-0.4, -0.2) is 53.1 Å². The fourth-order valence-corrected chi connectivity index (χ4v) is 5.05. The molecule has 0 fully saturated rings. The van der Waals surface area contributed by atoms with Crippen molar-refractivity contribution in [3.8, 4) is 17.1 Å². The van der Waals surface area contributed by atoms with Gasteiger partial charge in [-0.05, 0) is 31.2 Å². The van der Waals surface area contributed by atoms with Crippen LogP contribution in [-0.2, 0) is 16.6 Å². The Hall–Kier alpha value is -3.68. The van der Waals surface area contributed by atoms with Crippen LogP contribution in [0, 0.1) is 6.92 Å². The van der Waals surface area contributed by atoms with E-state index in [2.05, 4.69) is 25.7 Å². The molecule has 4 rings (SSSR count). The van der Waals surface area contributed by atoms with Crippen LogP contribution in [0.3, 0.4) is 0 Å². The van der Waals surface area contributed by atoms with Gasteiger partial charge in [0.15, 0.2) is 0 Å². The van der Waals surface area contributed by atoms with Gasteiger partial charge < -0.3 is 9.26 Å². The number of anilines is 1. The molecule has 0 unspecified atom stereocenters. The highest BCUT2D eigenvalue weighted by Crippen LogP contribution is 2.25. The number of nitrogens with zero attached hydrogens (tertiary/aromatic N) is 5. The predicted molar refractivity (Wildman–Crippen MR) is 124 cm³/mol. The number of aryl methyl sites for hydroxylation is 1. The Labute approximate surface area is 199 Å². The Kier molecular flexibility index (Phi) is 6.68. The van der Waals surface area contributed by atoms with Gasteiger partial charge in [-0.1, -0.05) is 46.3 Å². The van der Waals surface area contributed by atoms with Crippen molar-refractivity contribution in [3.05, 3.63) is 65.5 Å². The summed E-state index contributed by atoms with van der Waals surface area (Å²) in [5.41, 5.74) is 2.10. The number of benzene rings is 2. The van der Waals surface area contributed by atoms with E-state index in [9.17, 15) is 13.2 Å². The molecule has 0 spiro atoms. The van der Waals surface area contributed by atoms with E-state index in [1.54, 1.807) is 55.6 Å². The van der Waals surface area contributed by atoms with E-state index in [1.165, 1.54) is 7.05 Å². The van der Waals surface area contributed by atoms with Gasteiger partial charge in [0.1, 0.15) is 5.75 Å². The molecule has 0 aliphatic heterocycles. The molecule has 4 aromatic rings. The van der Waals surface area contributed by atoms with E-state index >= 15 is 0 Å². The Balaban J connectivity index is 1.44. The predicted octanol–water partition coefficient (Wildman–Crippen LogP) is 2.98. The maximum absolute atomic E-state index is 12.9. The number of hydrogen-bond donors (Lipinski definition) is 1. The largest absolute Gasteiger partial charge is 0.497 e. The number of ether oxygens (including phenoxy) is 1. The second kappa shape index (κ2) is 9.67. The molecule has 2 heterocycles. The molecule has 0 aliphatic rings. The van der Waals surface area contributed by atoms with Crippen molar-refractivity contribution in [1.82, 2.24) is 24.6 Å². The lowest BCUT2D eigenvalue weighted by Crippen LogP contribution is -2.26. The van der Waals surface area contributed by atoms with E-state index in [4.69, 9.17) is 9.26 Å². The van der Waals surface area contributed by atoms with Crippen LogP contribution in [0.2, 0.25) is 0 Å². The first-order valence-corrected chi connectivity index (χ1v) is 12.2. The minimum absolute atomic E-state index is 0.0654. The van der Waals surface area contributed by atoms with E-state index in [1.807, 2.05) is 6.92 Å². The monoisotopic (exact) mass is 500 g/mol. The van der Waals surface area contributed by atoms with Crippen molar-refractivity contribution in [2.24, 2.45) is 0 Å². The summed E-state index contributed by atoms with van der Waals surface area (Å²) < 4.78 is 37.0. The molecule has 1 amide bonds. The number of methoxy groups -OCH3 is 1. The van der Waals surface area contributed by atoms with E-state index in [-0.39, 0.29) is 21.9 Å². The van der Waals surface area contributed by atoms with Crippen molar-refractivity contribution in [3.63, 3.8) is 0 Å². The third kappa shape index (κ3) is 5.11. The van der Waals surface area contributed by atoms with Crippen molar-refractivity contribution in [2.75, 3.05) is 19.5 Å². The van der Waals surface area contributed by atoms with Gasteiger partial charge in [-0.15, -0.1) is 10.2 Å². The summed E-state index contributed by atoms with van der Waals surface area (Å²) in [6, 6.07) is 14.0. The number of sulfonamides is 1. The normalized spacial score (nSPS) is 11.5. The second-order valence-corrected chi connectivity index (χ2v) is 10.4. The molecule has 2 aromatic carbocycles. The highest BCUT2D eigenvalue weighted by atomic mass is 32.2. The minimum atomic E-state index is -4.01. The lowest BCUT2D eigenvalue weighted by molar-refractivity contribution is 0.102. The fraction of sp³-hybridized carbons (Fsp3) is 0.190. The molecule has 1 N–H and O–H groups in total. The average Bonchev–Trinajstić information content (AvgIpc) is 3.50. The molecule has 0 aliphatic carbocycles. The second-order valence-electron chi connectivity index (χ2n) is 7.20. The van der Waals surface area contributed by atoms with Crippen LogP contribution in [0.4, 0.5) is 5.13 Å². The Morgan fingerprint density at radius 2 is 1.94 bits per heavy atom. The van der Waals surface area contributed by atoms with Gasteiger partial charge in [-0.2, -0.15) is 9.29 Å². The summed E-state index contributed by atoms with van der Waals surface area (Å²) >= 11 is 0.747. The first-order chi connectivity index (χ1) is 16.3. The van der Waals surface area contributed by atoms with Crippen LogP contribution in [0.25, 0.3) is 11.4 Å². The highest BCUT2D eigenvalue weighted by molar-refractivity contribution is 7.91. The van der Waals surface area contributed by atoms with Gasteiger partial charge >= 0.3 is 0 Å². The third-order valence-corrected chi connectivity index (χ3v) is 7.71. The van der Waals surface area contributed by atoms with E-state index < -0.39 is 15.9 Å². The number of carbonyl (C=O) groups is 1. The van der Waals surface area contributed by atoms with Crippen molar-refractivity contribution in [1.29, 1.82) is 0 Å². The lowest BCUT2D eigenvalue weighted by Gasteiger charge is -2.11. The quantitative estimate of drug-likeness (QED) is 0.361. The van der Waals surface area contributed by atoms with Gasteiger partial charge in [-0.3, -0.25) is 10.1 Å². The van der Waals surface area contributed by atoms with Crippen molar-refractivity contribution >= 4 is 32.4 Å². The summed E-state index contributed by atoms with van der Waals surface area (Å²) in [5.74, 6) is 0.618. The summed E-state index contributed by atoms with van der Waals surface area (Å²) in [5, 5.41) is 14.0. The Morgan fingerprint density at radius 3 is 2.68 bits per heavy atom. The van der Waals surface area contributed by atoms with Crippen LogP contribution in [0.5, 0.6) is 5.75 Å². The molecule has 0 bridgehead atoms. The van der Waals surface area contributed by atoms with Crippen LogP contribution in [0.1, 0.15) is 21.8 Å². The van der Waals surface area contributed by atoms with Crippen LogP contribution in [0.15, 0.2) is 57.4 Å². The standard InChI is InChI=1S/C21H20N6O5S2/c1-13-7-9-14(10-8-13)19(28)23-20-24-25-21(33-20)34(29,30)27(2)12-17-22-18(26-32-17)15-5-4-6-16(11-15)31-3/h4-11H,12H2,1-3H3,(H,23,24,28). The maximum atomic E-state index is 12.9. The van der Waals surface area contributed by atoms with Crippen molar-refractivity contribution in [2.45, 2.75) is 17.8 Å². The molecule has 0 radical (unpaired) electrons. The Morgan fingerprint density at radius 1 is 1.18 bits per heavy atom. The average molecular weight is 501 g/mol. The summed E-state index contributed by atoms with van der Waals surface area (Å²) in [6.07, 6.45) is 0. The lowest BCUT2D eigenvalue weighted by atomic mass is 10.1. The summed E-state index contributed by atoms with van der Waals surface area (Å²) in [6.45, 7) is 1.73. The SMILES string of the molecule is COc1cccc(-c2noc(CN(C)S(=O)(=O)c3nnc(NC(=O)c4ccc(C)cc4)s3)n2)c1.